The molecule has 0 saturated carbocycles. The van der Waals surface area contributed by atoms with E-state index in [4.69, 9.17) is 5.73 Å². The van der Waals surface area contributed by atoms with Gasteiger partial charge in [-0.25, -0.2) is 0 Å². The Morgan fingerprint density at radius 3 is 2.54 bits per heavy atom. The Hall–Kier alpha value is -1.30. The zero-order chi connectivity index (χ0) is 17.6. The van der Waals surface area contributed by atoms with E-state index in [1.807, 2.05) is 7.05 Å². The van der Waals surface area contributed by atoms with Gasteiger partial charge in [-0.05, 0) is 58.5 Å². The van der Waals surface area contributed by atoms with Crippen LogP contribution in [0.3, 0.4) is 0 Å². The summed E-state index contributed by atoms with van der Waals surface area (Å²) >= 11 is 0. The molecule has 2 fully saturated rings. The van der Waals surface area contributed by atoms with E-state index in [2.05, 4.69) is 34.0 Å². The van der Waals surface area contributed by atoms with Gasteiger partial charge in [-0.1, -0.05) is 6.42 Å². The quantitative estimate of drug-likeness (QED) is 0.588. The number of rotatable bonds is 5. The van der Waals surface area contributed by atoms with Crippen molar-refractivity contribution >= 4 is 11.9 Å². The number of primary amides is 1. The van der Waals surface area contributed by atoms with Gasteiger partial charge in [0.2, 0.25) is 5.91 Å². The van der Waals surface area contributed by atoms with Crippen LogP contribution >= 0.6 is 0 Å². The molecule has 0 aliphatic carbocycles. The van der Waals surface area contributed by atoms with Crippen LogP contribution in [-0.2, 0) is 4.79 Å². The first-order chi connectivity index (χ1) is 11.4. The van der Waals surface area contributed by atoms with Crippen molar-refractivity contribution < 1.29 is 4.79 Å². The lowest BCUT2D eigenvalue weighted by Gasteiger charge is -2.42. The van der Waals surface area contributed by atoms with Crippen LogP contribution in [0.5, 0.6) is 0 Å². The average Bonchev–Trinajstić information content (AvgIpc) is 2.56. The first-order valence-corrected chi connectivity index (χ1v) is 9.41. The predicted octanol–water partition coefficient (Wildman–Crippen LogP) is 1.41. The van der Waals surface area contributed by atoms with Crippen LogP contribution in [0, 0.1) is 5.92 Å². The summed E-state index contributed by atoms with van der Waals surface area (Å²) < 4.78 is 0. The molecule has 2 rings (SSSR count). The normalized spacial score (nSPS) is 24.0. The van der Waals surface area contributed by atoms with Gasteiger partial charge in [0.1, 0.15) is 0 Å². The highest BCUT2D eigenvalue weighted by Gasteiger charge is 2.29. The third-order valence-electron chi connectivity index (χ3n) is 5.41. The number of guanidine groups is 1. The fraction of sp³-hybridized carbons (Fsp3) is 0.889. The molecule has 0 aromatic rings. The zero-order valence-electron chi connectivity index (χ0n) is 15.7. The number of nitrogens with zero attached hydrogens (tertiary/aromatic N) is 3. The molecular weight excluding hydrogens is 302 g/mol. The maximum Gasteiger partial charge on any atom is 0.217 e. The molecule has 2 saturated heterocycles. The molecule has 6 heteroatoms. The molecule has 3 N–H and O–H groups in total. The summed E-state index contributed by atoms with van der Waals surface area (Å²) in [5.41, 5.74) is 5.49. The summed E-state index contributed by atoms with van der Waals surface area (Å²) in [6.45, 7) is 9.76. The van der Waals surface area contributed by atoms with Gasteiger partial charge in [0.25, 0.3) is 0 Å². The number of nitrogens with one attached hydrogen (secondary N) is 1. The van der Waals surface area contributed by atoms with Crippen molar-refractivity contribution in [1.82, 2.24) is 15.1 Å². The lowest BCUT2D eigenvalue weighted by Crippen LogP contribution is -2.56. The van der Waals surface area contributed by atoms with Gasteiger partial charge in [0, 0.05) is 38.6 Å². The highest BCUT2D eigenvalue weighted by atomic mass is 16.1. The molecule has 2 heterocycles. The van der Waals surface area contributed by atoms with Gasteiger partial charge in [0.15, 0.2) is 5.96 Å². The summed E-state index contributed by atoms with van der Waals surface area (Å²) in [6, 6.07) is 0. The summed E-state index contributed by atoms with van der Waals surface area (Å²) in [5, 5.41) is 3.57. The van der Waals surface area contributed by atoms with Gasteiger partial charge < -0.3 is 16.0 Å². The lowest BCUT2D eigenvalue weighted by molar-refractivity contribution is -0.119. The Morgan fingerprint density at radius 1 is 1.21 bits per heavy atom. The van der Waals surface area contributed by atoms with Gasteiger partial charge in [-0.3, -0.25) is 14.7 Å². The second-order valence-electron chi connectivity index (χ2n) is 7.89. The fourth-order valence-corrected chi connectivity index (χ4v) is 3.95. The number of piperidine rings is 2. The van der Waals surface area contributed by atoms with Crippen LogP contribution < -0.4 is 11.1 Å². The third kappa shape index (κ3) is 5.36. The van der Waals surface area contributed by atoms with Crippen LogP contribution in [0.4, 0.5) is 0 Å². The maximum atomic E-state index is 11.2. The highest BCUT2D eigenvalue weighted by molar-refractivity contribution is 5.80. The monoisotopic (exact) mass is 337 g/mol. The van der Waals surface area contributed by atoms with Gasteiger partial charge >= 0.3 is 0 Å². The molecule has 0 bridgehead atoms. The minimum absolute atomic E-state index is 0.124. The number of nitrogens with two attached hydrogens (primary N) is 1. The van der Waals surface area contributed by atoms with Crippen molar-refractivity contribution in [3.63, 3.8) is 0 Å². The van der Waals surface area contributed by atoms with Gasteiger partial charge in [-0.15, -0.1) is 0 Å². The number of aliphatic imine (C=N–C) groups is 1. The lowest BCUT2D eigenvalue weighted by atomic mass is 9.94. The molecule has 2 aliphatic heterocycles. The summed E-state index contributed by atoms with van der Waals surface area (Å²) in [5.74, 6) is 1.11. The van der Waals surface area contributed by atoms with Gasteiger partial charge in [0.05, 0.1) is 0 Å². The van der Waals surface area contributed by atoms with Crippen LogP contribution in [0.15, 0.2) is 4.99 Å². The van der Waals surface area contributed by atoms with Crippen molar-refractivity contribution in [2.75, 3.05) is 39.8 Å². The molecule has 0 spiro atoms. The van der Waals surface area contributed by atoms with Crippen molar-refractivity contribution in [3.8, 4) is 0 Å². The zero-order valence-corrected chi connectivity index (χ0v) is 15.7. The average molecular weight is 338 g/mol. The first-order valence-electron chi connectivity index (χ1n) is 9.41. The van der Waals surface area contributed by atoms with E-state index in [1.54, 1.807) is 0 Å². The maximum absolute atomic E-state index is 11.2. The van der Waals surface area contributed by atoms with Crippen molar-refractivity contribution in [2.45, 2.75) is 57.9 Å². The first kappa shape index (κ1) is 19.0. The smallest absolute Gasteiger partial charge is 0.217 e. The third-order valence-corrected chi connectivity index (χ3v) is 5.41. The molecule has 138 valence electrons. The highest BCUT2D eigenvalue weighted by Crippen LogP contribution is 2.21. The molecule has 0 aromatic carbocycles. The Bertz CT molecular complexity index is 443. The van der Waals surface area contributed by atoms with Crippen molar-refractivity contribution in [3.05, 3.63) is 0 Å². The van der Waals surface area contributed by atoms with Gasteiger partial charge in [-0.2, -0.15) is 0 Å². The van der Waals surface area contributed by atoms with Crippen molar-refractivity contribution in [2.24, 2.45) is 16.6 Å². The number of hydrogen-bond donors (Lipinski definition) is 2. The van der Waals surface area contributed by atoms with E-state index >= 15 is 0 Å². The Balaban J connectivity index is 1.88. The SMILES string of the molecule is CN=C(NCC(C)(C)N1CCCCC1)N1CCCC(CC(N)=O)C1. The summed E-state index contributed by atoms with van der Waals surface area (Å²) in [6.07, 6.45) is 6.62. The predicted molar refractivity (Wildman–Crippen MR) is 99.0 cm³/mol. The second kappa shape index (κ2) is 8.70. The summed E-state index contributed by atoms with van der Waals surface area (Å²) in [7, 11) is 1.84. The van der Waals surface area contributed by atoms with Crippen LogP contribution in [-0.4, -0.2) is 67.0 Å². The standard InChI is InChI=1S/C18H35N5O/c1-18(2,23-10-5-4-6-11-23)14-21-17(20-3)22-9-7-8-15(13-22)12-16(19)24/h15H,4-14H2,1-3H3,(H2,19,24)(H,20,21). The fourth-order valence-electron chi connectivity index (χ4n) is 3.95. The molecule has 0 radical (unpaired) electrons. The van der Waals surface area contributed by atoms with Crippen LogP contribution in [0.25, 0.3) is 0 Å². The molecule has 24 heavy (non-hydrogen) atoms. The molecule has 1 atom stereocenters. The number of likely N-dealkylation sites (tertiary alicyclic amines) is 2. The topological polar surface area (TPSA) is 74.0 Å². The number of carbonyl (C=O) groups is 1. The van der Waals surface area contributed by atoms with E-state index < -0.39 is 0 Å². The van der Waals surface area contributed by atoms with E-state index in [0.29, 0.717) is 12.3 Å². The second-order valence-corrected chi connectivity index (χ2v) is 7.89. The molecular formula is C18H35N5O. The number of amides is 1. The summed E-state index contributed by atoms with van der Waals surface area (Å²) in [4.78, 5) is 20.5. The van der Waals surface area contributed by atoms with Crippen molar-refractivity contribution in [1.29, 1.82) is 0 Å². The van der Waals surface area contributed by atoms with E-state index in [0.717, 1.165) is 38.4 Å². The Morgan fingerprint density at radius 2 is 1.92 bits per heavy atom. The van der Waals surface area contributed by atoms with E-state index in [9.17, 15) is 4.79 Å². The van der Waals surface area contributed by atoms with E-state index in [-0.39, 0.29) is 11.4 Å². The van der Waals surface area contributed by atoms with Crippen LogP contribution in [0.1, 0.15) is 52.4 Å². The largest absolute Gasteiger partial charge is 0.370 e. The molecule has 2 aliphatic rings. The van der Waals surface area contributed by atoms with E-state index in [1.165, 1.54) is 32.4 Å². The Labute approximate surface area is 146 Å². The molecule has 1 unspecified atom stereocenters. The molecule has 0 aromatic heterocycles. The Kier molecular flexibility index (Phi) is 6.90. The number of hydrogen-bond acceptors (Lipinski definition) is 3. The minimum Gasteiger partial charge on any atom is -0.370 e. The number of carbonyl (C=O) groups excluding carboxylic acids is 1. The molecule has 6 nitrogen and oxygen atoms in total. The van der Waals surface area contributed by atoms with Crippen LogP contribution in [0.2, 0.25) is 0 Å². The molecule has 1 amide bonds. The minimum atomic E-state index is -0.198.